The van der Waals surface area contributed by atoms with Crippen molar-refractivity contribution in [3.8, 4) is 45.0 Å². The number of rotatable bonds is 6. The molecule has 9 rings (SSSR count). The van der Waals surface area contributed by atoms with Crippen LogP contribution in [0.2, 0.25) is 0 Å². The van der Waals surface area contributed by atoms with Crippen LogP contribution in [-0.2, 0) is 25.5 Å². The average molecular weight is 962 g/mol. The predicted octanol–water partition coefficient (Wildman–Crippen LogP) is 12.2. The molecule has 6 nitrogen and oxygen atoms in total. The standard InChI is InChI=1S/C47H38N2O.C6H5NO2.Ir/c1-29-23-31(3)45(32(4)24-29)36-18-20-38-41(27-36)50-42-28-37(46-33(5)25-30(2)26-34(46)6)19-21-39(42)47(38,43-16-10-11-22-48-43)44-17-12-15-40(49-44)35-13-8-7-9-14-35;8-6(9)5-3-1-2-4-7-5;/h7-13,15-20,22-28H,1-6H3;1-4H,(H,8,9);/q-2;;/t47-;;/m0../s1. The van der Waals surface area contributed by atoms with Crippen LogP contribution in [0.25, 0.3) is 33.5 Å². The Morgan fingerprint density at radius 3 is 1.82 bits per heavy atom. The number of fused-ring (bicyclic) bond motifs is 2. The van der Waals surface area contributed by atoms with Gasteiger partial charge in [0.15, 0.2) is 0 Å². The zero-order valence-corrected chi connectivity index (χ0v) is 36.7. The zero-order valence-electron chi connectivity index (χ0n) is 34.3. The number of pyridine rings is 3. The molecule has 5 aromatic carbocycles. The van der Waals surface area contributed by atoms with E-state index in [0.717, 1.165) is 56.4 Å². The molecule has 4 heterocycles. The summed E-state index contributed by atoms with van der Waals surface area (Å²) in [5, 5.41) is 8.32. The Bertz CT molecular complexity index is 2690. The minimum absolute atomic E-state index is 0. The molecule has 0 saturated carbocycles. The fraction of sp³-hybridized carbons (Fsp3) is 0.132. The Morgan fingerprint density at radius 1 is 0.617 bits per heavy atom. The summed E-state index contributed by atoms with van der Waals surface area (Å²) < 4.78 is 7.03. The summed E-state index contributed by atoms with van der Waals surface area (Å²) in [5.74, 6) is 0.532. The van der Waals surface area contributed by atoms with Crippen molar-refractivity contribution in [1.29, 1.82) is 0 Å². The van der Waals surface area contributed by atoms with Crippen molar-refractivity contribution < 1.29 is 34.7 Å². The summed E-state index contributed by atoms with van der Waals surface area (Å²) >= 11 is 0. The van der Waals surface area contributed by atoms with Crippen LogP contribution in [0.3, 0.4) is 0 Å². The van der Waals surface area contributed by atoms with Crippen LogP contribution in [0, 0.1) is 53.7 Å². The number of carboxylic acid groups (broad SMARTS) is 1. The smallest absolute Gasteiger partial charge is 0.354 e. The third kappa shape index (κ3) is 7.82. The Hall–Kier alpha value is -6.53. The molecule has 7 heteroatoms. The number of carboxylic acids is 1. The molecule has 0 fully saturated rings. The van der Waals surface area contributed by atoms with Crippen LogP contribution in [0.5, 0.6) is 11.5 Å². The SMILES string of the molecule is Cc1cc(C)c(-c2c[c-]c3c(c2)Oc2cc(-c4c(C)cc(C)cc4C)ccc2[C@]3(c2ccccn2)c2cccc(-c3[c-]cccc3)n2)c(C)c1.O=C(O)c1ccccn1.[Ir]. The first kappa shape index (κ1) is 41.6. The number of carbonyl (C=O) groups is 1. The zero-order chi connectivity index (χ0) is 41.3. The number of aryl methyl sites for hydroxylation is 6. The maximum atomic E-state index is 10.1. The van der Waals surface area contributed by atoms with Gasteiger partial charge in [0.1, 0.15) is 11.4 Å². The molecule has 0 amide bonds. The molecule has 1 atom stereocenters. The maximum Gasteiger partial charge on any atom is 0.354 e. The number of aromatic carboxylic acids is 1. The maximum absolute atomic E-state index is 10.1. The number of benzene rings is 5. The fourth-order valence-corrected chi connectivity index (χ4v) is 8.67. The van der Waals surface area contributed by atoms with Crippen molar-refractivity contribution in [2.24, 2.45) is 0 Å². The molecule has 0 spiro atoms. The number of ether oxygens (including phenoxy) is 1. The van der Waals surface area contributed by atoms with Crippen molar-refractivity contribution in [3.05, 3.63) is 220 Å². The molecular weight excluding hydrogens is 919 g/mol. The third-order valence-corrected chi connectivity index (χ3v) is 10.9. The van der Waals surface area contributed by atoms with Crippen LogP contribution in [0.1, 0.15) is 66.4 Å². The molecule has 8 aromatic rings. The van der Waals surface area contributed by atoms with Crippen LogP contribution in [0.4, 0.5) is 0 Å². The molecule has 0 aliphatic carbocycles. The van der Waals surface area contributed by atoms with E-state index in [0.29, 0.717) is 0 Å². The van der Waals surface area contributed by atoms with E-state index in [9.17, 15) is 4.79 Å². The van der Waals surface area contributed by atoms with Gasteiger partial charge in [-0.25, -0.2) is 9.78 Å². The minimum Gasteiger partial charge on any atom is -0.516 e. The molecule has 1 radical (unpaired) electrons. The topological polar surface area (TPSA) is 85.2 Å². The van der Waals surface area contributed by atoms with E-state index in [2.05, 4.69) is 144 Å². The van der Waals surface area contributed by atoms with Crippen LogP contribution in [0.15, 0.2) is 146 Å². The van der Waals surface area contributed by atoms with Crippen molar-refractivity contribution in [3.63, 3.8) is 0 Å². The molecule has 0 unspecified atom stereocenters. The van der Waals surface area contributed by atoms with Gasteiger partial charge in [-0.2, -0.15) is 12.1 Å². The summed E-state index contributed by atoms with van der Waals surface area (Å²) in [6.45, 7) is 13.0. The van der Waals surface area contributed by atoms with E-state index < -0.39 is 11.4 Å². The Labute approximate surface area is 365 Å². The Balaban J connectivity index is 0.000000485. The monoisotopic (exact) mass is 962 g/mol. The largest absolute Gasteiger partial charge is 0.516 e. The summed E-state index contributed by atoms with van der Waals surface area (Å²) in [4.78, 5) is 24.2. The number of aromatic nitrogens is 3. The summed E-state index contributed by atoms with van der Waals surface area (Å²) in [5.41, 5.74) is 16.6. The van der Waals surface area contributed by atoms with Gasteiger partial charge in [0.05, 0.1) is 11.1 Å². The second-order valence-corrected chi connectivity index (χ2v) is 15.2. The normalized spacial score (nSPS) is 13.7. The van der Waals surface area contributed by atoms with Crippen LogP contribution in [-0.4, -0.2) is 26.0 Å². The van der Waals surface area contributed by atoms with Crippen molar-refractivity contribution in [2.75, 3.05) is 0 Å². The molecule has 60 heavy (non-hydrogen) atoms. The van der Waals surface area contributed by atoms with Gasteiger partial charge in [0, 0.05) is 49.5 Å². The number of hydrogen-bond acceptors (Lipinski definition) is 5. The van der Waals surface area contributed by atoms with Gasteiger partial charge in [-0.3, -0.25) is 9.97 Å². The van der Waals surface area contributed by atoms with E-state index in [1.165, 1.54) is 56.8 Å². The molecule has 1 aliphatic rings. The van der Waals surface area contributed by atoms with Crippen LogP contribution < -0.4 is 4.74 Å². The minimum atomic E-state index is -0.990. The molecule has 0 saturated heterocycles. The first-order valence-electron chi connectivity index (χ1n) is 19.6. The van der Waals surface area contributed by atoms with E-state index in [4.69, 9.17) is 19.8 Å². The molecule has 1 aliphatic heterocycles. The van der Waals surface area contributed by atoms with Gasteiger partial charge in [0.25, 0.3) is 0 Å². The first-order chi connectivity index (χ1) is 28.5. The first-order valence-corrected chi connectivity index (χ1v) is 19.6. The Kier molecular flexibility index (Phi) is 12.0. The van der Waals surface area contributed by atoms with Gasteiger partial charge in [-0.05, 0) is 106 Å². The van der Waals surface area contributed by atoms with E-state index in [-0.39, 0.29) is 25.8 Å². The quantitative estimate of drug-likeness (QED) is 0.167. The Morgan fingerprint density at radius 2 is 1.23 bits per heavy atom. The van der Waals surface area contributed by atoms with E-state index >= 15 is 0 Å². The summed E-state index contributed by atoms with van der Waals surface area (Å²) in [7, 11) is 0. The van der Waals surface area contributed by atoms with Gasteiger partial charge in [0.2, 0.25) is 0 Å². The molecule has 1 N–H and O–H groups in total. The number of hydrogen-bond donors (Lipinski definition) is 1. The van der Waals surface area contributed by atoms with Crippen molar-refractivity contribution in [1.82, 2.24) is 15.0 Å². The van der Waals surface area contributed by atoms with Crippen molar-refractivity contribution in [2.45, 2.75) is 47.0 Å². The summed E-state index contributed by atoms with van der Waals surface area (Å²) in [6, 6.07) is 52.1. The molecule has 0 bridgehead atoms. The molecule has 299 valence electrons. The number of nitrogens with zero attached hydrogens (tertiary/aromatic N) is 3. The average Bonchev–Trinajstić information content (AvgIpc) is 3.23. The van der Waals surface area contributed by atoms with Gasteiger partial charge < -0.3 is 9.84 Å². The van der Waals surface area contributed by atoms with Crippen LogP contribution >= 0.6 is 0 Å². The van der Waals surface area contributed by atoms with Gasteiger partial charge in [-0.15, -0.1) is 47.5 Å². The second kappa shape index (κ2) is 17.4. The van der Waals surface area contributed by atoms with E-state index in [1.807, 2.05) is 36.5 Å². The molecule has 3 aromatic heterocycles. The third-order valence-electron chi connectivity index (χ3n) is 10.9. The van der Waals surface area contributed by atoms with Crippen molar-refractivity contribution >= 4 is 5.97 Å². The summed E-state index contributed by atoms with van der Waals surface area (Å²) in [6.07, 6.45) is 3.31. The fourth-order valence-electron chi connectivity index (χ4n) is 8.67. The van der Waals surface area contributed by atoms with Gasteiger partial charge >= 0.3 is 5.97 Å². The molecular formula is C53H43IrN3O3-2. The second-order valence-electron chi connectivity index (χ2n) is 15.2. The van der Waals surface area contributed by atoms with Gasteiger partial charge in [-0.1, -0.05) is 94.0 Å². The predicted molar refractivity (Wildman–Crippen MR) is 234 cm³/mol. The van der Waals surface area contributed by atoms with E-state index in [1.54, 1.807) is 12.1 Å².